The first-order valence-electron chi connectivity index (χ1n) is 5.71. The van der Waals surface area contributed by atoms with Gasteiger partial charge in [-0.15, -0.1) is 11.8 Å². The Morgan fingerprint density at radius 2 is 2.38 bits per heavy atom. The van der Waals surface area contributed by atoms with Crippen molar-refractivity contribution in [3.63, 3.8) is 0 Å². The molecule has 2 fully saturated rings. The van der Waals surface area contributed by atoms with Gasteiger partial charge in [-0.05, 0) is 19.6 Å². The molecule has 0 saturated carbocycles. The number of carbonyl (C=O) groups is 1. The Morgan fingerprint density at radius 1 is 1.62 bits per heavy atom. The van der Waals surface area contributed by atoms with Crippen LogP contribution in [-0.2, 0) is 9.53 Å². The fourth-order valence-electron chi connectivity index (χ4n) is 2.41. The molecule has 92 valence electrons. The minimum absolute atomic E-state index is 0.290. The molecule has 0 aliphatic carbocycles. The van der Waals surface area contributed by atoms with Crippen LogP contribution in [0, 0.1) is 0 Å². The maximum atomic E-state index is 11.6. The normalized spacial score (nSPS) is 27.1. The summed E-state index contributed by atoms with van der Waals surface area (Å²) in [5.41, 5.74) is 0. The summed E-state index contributed by atoms with van der Waals surface area (Å²) in [7, 11) is 0. The van der Waals surface area contributed by atoms with Gasteiger partial charge >= 0.3 is 0 Å². The summed E-state index contributed by atoms with van der Waals surface area (Å²) in [6.45, 7) is 4.71. The molecule has 0 bridgehead atoms. The van der Waals surface area contributed by atoms with Crippen molar-refractivity contribution in [2.45, 2.75) is 24.2 Å². The second kappa shape index (κ2) is 5.19. The molecule has 2 rings (SSSR count). The largest absolute Gasteiger partial charge is 0.378 e. The van der Waals surface area contributed by atoms with E-state index in [0.29, 0.717) is 22.5 Å². The van der Waals surface area contributed by atoms with Crippen LogP contribution in [0.2, 0.25) is 0 Å². The van der Waals surface area contributed by atoms with Gasteiger partial charge in [0.25, 0.3) is 0 Å². The number of thioether (sulfide) groups is 2. The minimum atomic E-state index is 0.290. The van der Waals surface area contributed by atoms with Crippen molar-refractivity contribution in [3.8, 4) is 0 Å². The van der Waals surface area contributed by atoms with Crippen molar-refractivity contribution in [2.75, 3.05) is 37.5 Å². The van der Waals surface area contributed by atoms with Crippen molar-refractivity contribution in [2.24, 2.45) is 0 Å². The van der Waals surface area contributed by atoms with Crippen LogP contribution in [0.1, 0.15) is 13.3 Å². The van der Waals surface area contributed by atoms with Crippen LogP contribution in [0.4, 0.5) is 0 Å². The first kappa shape index (κ1) is 12.6. The molecule has 2 aliphatic heterocycles. The number of hydrogen-bond acceptors (Lipinski definition) is 4. The van der Waals surface area contributed by atoms with Gasteiger partial charge in [0.2, 0.25) is 5.91 Å². The molecule has 0 aromatic rings. The minimum Gasteiger partial charge on any atom is -0.378 e. The lowest BCUT2D eigenvalue weighted by Crippen LogP contribution is -2.61. The highest BCUT2D eigenvalue weighted by atomic mass is 32.2. The van der Waals surface area contributed by atoms with E-state index in [0.717, 1.165) is 31.9 Å². The highest BCUT2D eigenvalue weighted by molar-refractivity contribution is 8.01. The molecular weight excluding hydrogens is 242 g/mol. The second-order valence-corrected chi connectivity index (χ2v) is 6.81. The number of rotatable bonds is 4. The first-order valence-corrected chi connectivity index (χ1v) is 8.09. The highest BCUT2D eigenvalue weighted by Gasteiger charge is 2.50. The summed E-state index contributed by atoms with van der Waals surface area (Å²) in [6, 6.07) is 0. The second-order valence-electron chi connectivity index (χ2n) is 4.46. The summed E-state index contributed by atoms with van der Waals surface area (Å²) in [5, 5.41) is 0. The Morgan fingerprint density at radius 3 is 3.00 bits per heavy atom. The number of likely N-dealkylation sites (tertiary alicyclic amines) is 1. The van der Waals surface area contributed by atoms with Crippen molar-refractivity contribution >= 4 is 29.4 Å². The summed E-state index contributed by atoms with van der Waals surface area (Å²) in [6.07, 6.45) is 3.50. The zero-order valence-electron chi connectivity index (χ0n) is 9.90. The van der Waals surface area contributed by atoms with E-state index in [1.807, 2.05) is 29.8 Å². The topological polar surface area (TPSA) is 29.5 Å². The van der Waals surface area contributed by atoms with Gasteiger partial charge in [0.05, 0.1) is 16.6 Å². The summed E-state index contributed by atoms with van der Waals surface area (Å²) in [4.78, 5) is 13.6. The summed E-state index contributed by atoms with van der Waals surface area (Å²) >= 11 is 3.60. The lowest BCUT2D eigenvalue weighted by molar-refractivity contribution is -0.133. The molecule has 1 atom stereocenters. The van der Waals surface area contributed by atoms with Gasteiger partial charge in [0.15, 0.2) is 0 Å². The van der Waals surface area contributed by atoms with E-state index in [9.17, 15) is 4.79 Å². The predicted molar refractivity (Wildman–Crippen MR) is 70.2 cm³/mol. The molecule has 2 heterocycles. The van der Waals surface area contributed by atoms with Crippen LogP contribution < -0.4 is 0 Å². The fraction of sp³-hybridized carbons (Fsp3) is 0.909. The van der Waals surface area contributed by atoms with Crippen LogP contribution in [-0.4, -0.2) is 59.1 Å². The standard InChI is InChI=1S/C11H19NO2S2/c1-3-14-9-4-11(16-5-9)7-12(8-11)10(13)6-15-2/h9H,3-8H2,1-2H3/t9-/m1/s1. The van der Waals surface area contributed by atoms with Gasteiger partial charge in [-0.25, -0.2) is 0 Å². The third kappa shape index (κ3) is 2.51. The van der Waals surface area contributed by atoms with Gasteiger partial charge < -0.3 is 9.64 Å². The maximum Gasteiger partial charge on any atom is 0.232 e. The van der Waals surface area contributed by atoms with E-state index in [2.05, 4.69) is 0 Å². The Balaban J connectivity index is 1.77. The van der Waals surface area contributed by atoms with Gasteiger partial charge in [0.1, 0.15) is 0 Å². The van der Waals surface area contributed by atoms with Crippen LogP contribution >= 0.6 is 23.5 Å². The Kier molecular flexibility index (Phi) is 4.08. The fourth-order valence-corrected chi connectivity index (χ4v) is 4.39. The molecule has 2 aliphatic rings. The molecule has 0 aromatic heterocycles. The Bertz CT molecular complexity index is 267. The van der Waals surface area contributed by atoms with E-state index in [4.69, 9.17) is 4.74 Å². The van der Waals surface area contributed by atoms with Crippen molar-refractivity contribution in [1.29, 1.82) is 0 Å². The van der Waals surface area contributed by atoms with Crippen LogP contribution in [0.15, 0.2) is 0 Å². The lowest BCUT2D eigenvalue weighted by atomic mass is 9.93. The Labute approximate surface area is 106 Å². The van der Waals surface area contributed by atoms with Crippen LogP contribution in [0.5, 0.6) is 0 Å². The van der Waals surface area contributed by atoms with Crippen LogP contribution in [0.3, 0.4) is 0 Å². The summed E-state index contributed by atoms with van der Waals surface area (Å²) < 4.78 is 5.98. The number of amides is 1. The number of ether oxygens (including phenoxy) is 1. The molecule has 5 heteroatoms. The highest BCUT2D eigenvalue weighted by Crippen LogP contribution is 2.46. The van der Waals surface area contributed by atoms with E-state index in [1.165, 1.54) is 0 Å². The molecule has 0 N–H and O–H groups in total. The van der Waals surface area contributed by atoms with Gasteiger partial charge in [-0.2, -0.15) is 11.8 Å². The molecule has 16 heavy (non-hydrogen) atoms. The van der Waals surface area contributed by atoms with Gasteiger partial charge in [-0.1, -0.05) is 0 Å². The quantitative estimate of drug-likeness (QED) is 0.766. The van der Waals surface area contributed by atoms with Crippen molar-refractivity contribution in [3.05, 3.63) is 0 Å². The molecule has 2 saturated heterocycles. The predicted octanol–water partition coefficient (Wildman–Crippen LogP) is 1.47. The molecule has 0 unspecified atom stereocenters. The maximum absolute atomic E-state index is 11.6. The first-order chi connectivity index (χ1) is 7.69. The number of carbonyl (C=O) groups excluding carboxylic acids is 1. The molecular formula is C11H19NO2S2. The smallest absolute Gasteiger partial charge is 0.232 e. The SMILES string of the molecule is CCO[C@H]1CSC2(C1)CN(C(=O)CSC)C2. The zero-order valence-corrected chi connectivity index (χ0v) is 11.5. The number of nitrogens with zero attached hydrogens (tertiary/aromatic N) is 1. The van der Waals surface area contributed by atoms with Crippen molar-refractivity contribution in [1.82, 2.24) is 4.90 Å². The average molecular weight is 261 g/mol. The monoisotopic (exact) mass is 261 g/mol. The van der Waals surface area contributed by atoms with Crippen molar-refractivity contribution < 1.29 is 9.53 Å². The van der Waals surface area contributed by atoms with E-state index in [-0.39, 0.29) is 0 Å². The molecule has 3 nitrogen and oxygen atoms in total. The van der Waals surface area contributed by atoms with Gasteiger partial charge in [-0.3, -0.25) is 4.79 Å². The van der Waals surface area contributed by atoms with E-state index >= 15 is 0 Å². The molecule has 0 radical (unpaired) electrons. The van der Waals surface area contributed by atoms with Gasteiger partial charge in [0, 0.05) is 25.4 Å². The lowest BCUT2D eigenvalue weighted by Gasteiger charge is -2.47. The summed E-state index contributed by atoms with van der Waals surface area (Å²) in [5.74, 6) is 2.01. The molecule has 1 spiro atoms. The zero-order chi connectivity index (χ0) is 11.6. The average Bonchev–Trinajstić information content (AvgIpc) is 2.61. The third-order valence-electron chi connectivity index (χ3n) is 3.16. The van der Waals surface area contributed by atoms with E-state index in [1.54, 1.807) is 11.8 Å². The van der Waals surface area contributed by atoms with E-state index < -0.39 is 0 Å². The van der Waals surface area contributed by atoms with Crippen LogP contribution in [0.25, 0.3) is 0 Å². The number of hydrogen-bond donors (Lipinski definition) is 0. The third-order valence-corrected chi connectivity index (χ3v) is 5.27. The molecule has 1 amide bonds. The Hall–Kier alpha value is 0.130. The molecule has 0 aromatic carbocycles.